The van der Waals surface area contributed by atoms with E-state index >= 15 is 0 Å². The zero-order valence-electron chi connectivity index (χ0n) is 8.60. The average molecular weight is 181 g/mol. The van der Waals surface area contributed by atoms with E-state index in [4.69, 9.17) is 11.2 Å². The third-order valence-corrected chi connectivity index (χ3v) is 2.42. The second kappa shape index (κ2) is 4.64. The van der Waals surface area contributed by atoms with Gasteiger partial charge in [0.05, 0.1) is 11.6 Å². The average Bonchev–Trinajstić information content (AvgIpc) is 2.57. The molecule has 0 bridgehead atoms. The highest BCUT2D eigenvalue weighted by Crippen LogP contribution is 2.14. The van der Waals surface area contributed by atoms with Gasteiger partial charge in [0.1, 0.15) is 0 Å². The van der Waals surface area contributed by atoms with E-state index in [0.29, 0.717) is 6.10 Å². The molecule has 0 aromatic carbocycles. The van der Waals surface area contributed by atoms with Gasteiger partial charge in [-0.05, 0) is 39.7 Å². The molecule has 0 aromatic rings. The zero-order chi connectivity index (χ0) is 9.73. The largest absolute Gasteiger partial charge is 0.378 e. The Labute approximate surface area is 81.0 Å². The third-order valence-electron chi connectivity index (χ3n) is 2.42. The van der Waals surface area contributed by atoms with E-state index in [1.807, 2.05) is 13.8 Å². The van der Waals surface area contributed by atoms with E-state index in [1.54, 1.807) is 0 Å². The first-order valence-electron chi connectivity index (χ1n) is 4.98. The Balaban J connectivity index is 2.10. The van der Waals surface area contributed by atoms with Gasteiger partial charge in [0, 0.05) is 6.61 Å². The summed E-state index contributed by atoms with van der Waals surface area (Å²) in [6, 6.07) is 0. The molecule has 13 heavy (non-hydrogen) atoms. The van der Waals surface area contributed by atoms with Gasteiger partial charge in [-0.2, -0.15) is 0 Å². The number of nitrogens with one attached hydrogen (secondary N) is 1. The lowest BCUT2D eigenvalue weighted by atomic mass is 10.1. The molecule has 1 heterocycles. The minimum absolute atomic E-state index is 0.182. The zero-order valence-corrected chi connectivity index (χ0v) is 8.60. The van der Waals surface area contributed by atoms with Crippen molar-refractivity contribution in [1.29, 1.82) is 0 Å². The molecule has 0 spiro atoms. The summed E-state index contributed by atoms with van der Waals surface area (Å²) >= 11 is 0. The predicted octanol–water partition coefficient (Wildman–Crippen LogP) is 1.56. The van der Waals surface area contributed by atoms with Crippen molar-refractivity contribution in [3.8, 4) is 12.3 Å². The topological polar surface area (TPSA) is 21.3 Å². The van der Waals surface area contributed by atoms with E-state index in [0.717, 1.165) is 19.6 Å². The molecule has 1 aliphatic heterocycles. The van der Waals surface area contributed by atoms with Crippen LogP contribution in [0.1, 0.15) is 33.1 Å². The molecule has 74 valence electrons. The molecule has 2 heteroatoms. The van der Waals surface area contributed by atoms with Gasteiger partial charge in [-0.3, -0.25) is 0 Å². The Morgan fingerprint density at radius 1 is 1.62 bits per heavy atom. The molecule has 1 rings (SSSR count). The van der Waals surface area contributed by atoms with Gasteiger partial charge in [0.15, 0.2) is 0 Å². The minimum atomic E-state index is -0.182. The summed E-state index contributed by atoms with van der Waals surface area (Å²) in [4.78, 5) is 0. The molecule has 0 saturated carbocycles. The molecule has 1 N–H and O–H groups in total. The summed E-state index contributed by atoms with van der Waals surface area (Å²) in [6.45, 7) is 5.91. The second-order valence-corrected chi connectivity index (χ2v) is 4.12. The van der Waals surface area contributed by atoms with Gasteiger partial charge < -0.3 is 10.1 Å². The summed E-state index contributed by atoms with van der Waals surface area (Å²) in [5.74, 6) is 2.71. The lowest BCUT2D eigenvalue weighted by Crippen LogP contribution is -2.39. The standard InChI is InChI=1S/C11H19NO/c1-4-11(2,3)12-8-7-10-6-5-9-13-10/h1,10,12H,5-9H2,2-3H3. The Hall–Kier alpha value is -0.520. The molecule has 1 fully saturated rings. The SMILES string of the molecule is C#CC(C)(C)NCCC1CCCO1. The molecule has 0 amide bonds. The van der Waals surface area contributed by atoms with Crippen molar-refractivity contribution in [3.63, 3.8) is 0 Å². The molecule has 0 aromatic heterocycles. The van der Waals surface area contributed by atoms with E-state index in [2.05, 4.69) is 11.2 Å². The van der Waals surface area contributed by atoms with Crippen LogP contribution in [0.4, 0.5) is 0 Å². The molecule has 0 radical (unpaired) electrons. The Morgan fingerprint density at radius 3 is 2.92 bits per heavy atom. The monoisotopic (exact) mass is 181 g/mol. The van der Waals surface area contributed by atoms with Crippen molar-refractivity contribution < 1.29 is 4.74 Å². The smallest absolute Gasteiger partial charge is 0.0741 e. The molecular weight excluding hydrogens is 162 g/mol. The summed E-state index contributed by atoms with van der Waals surface area (Å²) in [5.41, 5.74) is -0.182. The van der Waals surface area contributed by atoms with Crippen LogP contribution in [0.25, 0.3) is 0 Å². The normalized spacial score (nSPS) is 23.0. The van der Waals surface area contributed by atoms with E-state index < -0.39 is 0 Å². The van der Waals surface area contributed by atoms with Crippen LogP contribution in [0.15, 0.2) is 0 Å². The summed E-state index contributed by atoms with van der Waals surface area (Å²) in [7, 11) is 0. The highest BCUT2D eigenvalue weighted by atomic mass is 16.5. The van der Waals surface area contributed by atoms with E-state index in [-0.39, 0.29) is 5.54 Å². The lowest BCUT2D eigenvalue weighted by Gasteiger charge is -2.20. The van der Waals surface area contributed by atoms with E-state index in [1.165, 1.54) is 12.8 Å². The maximum absolute atomic E-state index is 5.51. The maximum Gasteiger partial charge on any atom is 0.0741 e. The summed E-state index contributed by atoms with van der Waals surface area (Å²) in [5, 5.41) is 3.32. The first-order chi connectivity index (χ1) is 6.14. The van der Waals surface area contributed by atoms with Crippen molar-refractivity contribution in [2.45, 2.75) is 44.8 Å². The fourth-order valence-corrected chi connectivity index (χ4v) is 1.47. The number of rotatable bonds is 4. The quantitative estimate of drug-likeness (QED) is 0.664. The summed E-state index contributed by atoms with van der Waals surface area (Å²) < 4.78 is 5.51. The van der Waals surface area contributed by atoms with Gasteiger partial charge in [-0.15, -0.1) is 6.42 Å². The Kier molecular flexibility index (Phi) is 3.77. The number of hydrogen-bond donors (Lipinski definition) is 1. The molecule has 1 atom stereocenters. The number of hydrogen-bond acceptors (Lipinski definition) is 2. The van der Waals surface area contributed by atoms with Gasteiger partial charge in [0.25, 0.3) is 0 Å². The lowest BCUT2D eigenvalue weighted by molar-refractivity contribution is 0.103. The molecule has 1 saturated heterocycles. The van der Waals surface area contributed by atoms with E-state index in [9.17, 15) is 0 Å². The van der Waals surface area contributed by atoms with Gasteiger partial charge in [-0.1, -0.05) is 5.92 Å². The van der Waals surface area contributed by atoms with Crippen molar-refractivity contribution in [2.75, 3.05) is 13.2 Å². The molecule has 2 nitrogen and oxygen atoms in total. The molecule has 1 aliphatic rings. The summed E-state index contributed by atoms with van der Waals surface area (Å²) in [6.07, 6.45) is 9.31. The fourth-order valence-electron chi connectivity index (χ4n) is 1.47. The number of ether oxygens (including phenoxy) is 1. The van der Waals surface area contributed by atoms with Gasteiger partial charge >= 0.3 is 0 Å². The van der Waals surface area contributed by atoms with Crippen LogP contribution in [0.5, 0.6) is 0 Å². The fraction of sp³-hybridized carbons (Fsp3) is 0.818. The minimum Gasteiger partial charge on any atom is -0.378 e. The molecule has 1 unspecified atom stereocenters. The van der Waals surface area contributed by atoms with Crippen molar-refractivity contribution in [1.82, 2.24) is 5.32 Å². The second-order valence-electron chi connectivity index (χ2n) is 4.12. The van der Waals surface area contributed by atoms with Crippen LogP contribution in [-0.2, 0) is 4.74 Å². The van der Waals surface area contributed by atoms with Crippen LogP contribution in [-0.4, -0.2) is 24.8 Å². The third kappa shape index (κ3) is 3.80. The molecular formula is C11H19NO. The van der Waals surface area contributed by atoms with Crippen LogP contribution >= 0.6 is 0 Å². The van der Waals surface area contributed by atoms with Gasteiger partial charge in [0.2, 0.25) is 0 Å². The van der Waals surface area contributed by atoms with Crippen molar-refractivity contribution in [3.05, 3.63) is 0 Å². The Morgan fingerprint density at radius 2 is 2.38 bits per heavy atom. The molecule has 0 aliphatic carbocycles. The van der Waals surface area contributed by atoms with Crippen LogP contribution in [0.2, 0.25) is 0 Å². The van der Waals surface area contributed by atoms with Crippen molar-refractivity contribution in [2.24, 2.45) is 0 Å². The highest BCUT2D eigenvalue weighted by Gasteiger charge is 2.17. The van der Waals surface area contributed by atoms with Crippen molar-refractivity contribution >= 4 is 0 Å². The van der Waals surface area contributed by atoms with Crippen LogP contribution in [0, 0.1) is 12.3 Å². The van der Waals surface area contributed by atoms with Gasteiger partial charge in [-0.25, -0.2) is 0 Å². The Bertz CT molecular complexity index is 187. The first kappa shape index (κ1) is 10.6. The maximum atomic E-state index is 5.51. The van der Waals surface area contributed by atoms with Crippen LogP contribution in [0.3, 0.4) is 0 Å². The van der Waals surface area contributed by atoms with Crippen LogP contribution < -0.4 is 5.32 Å². The number of terminal acetylenes is 1. The highest BCUT2D eigenvalue weighted by molar-refractivity contribution is 5.07. The predicted molar refractivity (Wildman–Crippen MR) is 54.5 cm³/mol. The first-order valence-corrected chi connectivity index (χ1v) is 4.98.